The highest BCUT2D eigenvalue weighted by molar-refractivity contribution is 7.99. The van der Waals surface area contributed by atoms with Crippen LogP contribution in [0, 0.1) is 5.92 Å². The van der Waals surface area contributed by atoms with Gasteiger partial charge in [0.25, 0.3) is 0 Å². The fourth-order valence-corrected chi connectivity index (χ4v) is 4.74. The maximum Gasteiger partial charge on any atom is 0.236 e. The SMILES string of the molecule is CC(C)Cn1c(Cc2ccccc2)nnc1SCC(=O)Nc1nc2ccccc2s1. The zero-order valence-corrected chi connectivity index (χ0v) is 18.5. The van der Waals surface area contributed by atoms with Crippen LogP contribution in [0.4, 0.5) is 5.13 Å². The minimum absolute atomic E-state index is 0.0947. The van der Waals surface area contributed by atoms with Crippen LogP contribution >= 0.6 is 23.1 Å². The summed E-state index contributed by atoms with van der Waals surface area (Å²) in [5, 5.41) is 13.1. The Hall–Kier alpha value is -2.71. The zero-order chi connectivity index (χ0) is 20.9. The first-order chi connectivity index (χ1) is 14.6. The number of carbonyl (C=O) groups excluding carboxylic acids is 1. The van der Waals surface area contributed by atoms with Crippen molar-refractivity contribution < 1.29 is 4.79 Å². The molecule has 0 aliphatic carbocycles. The number of thiazole rings is 1. The van der Waals surface area contributed by atoms with Crippen molar-refractivity contribution in [1.29, 1.82) is 0 Å². The third-order valence-corrected chi connectivity index (χ3v) is 6.34. The zero-order valence-electron chi connectivity index (χ0n) is 16.9. The average molecular weight is 438 g/mol. The third kappa shape index (κ3) is 5.06. The number of nitrogens with zero attached hydrogens (tertiary/aromatic N) is 4. The van der Waals surface area contributed by atoms with Crippen LogP contribution in [-0.4, -0.2) is 31.4 Å². The number of anilines is 1. The van der Waals surface area contributed by atoms with E-state index >= 15 is 0 Å². The quantitative estimate of drug-likeness (QED) is 0.398. The Labute approximate surface area is 183 Å². The predicted molar refractivity (Wildman–Crippen MR) is 123 cm³/mol. The highest BCUT2D eigenvalue weighted by Gasteiger charge is 2.16. The van der Waals surface area contributed by atoms with Crippen LogP contribution in [0.2, 0.25) is 0 Å². The van der Waals surface area contributed by atoms with Gasteiger partial charge in [-0.1, -0.05) is 79.4 Å². The van der Waals surface area contributed by atoms with Crippen molar-refractivity contribution in [2.75, 3.05) is 11.1 Å². The molecule has 0 aliphatic rings. The summed E-state index contributed by atoms with van der Waals surface area (Å²) in [5.74, 6) is 1.54. The van der Waals surface area contributed by atoms with Gasteiger partial charge in [0.2, 0.25) is 5.91 Å². The summed E-state index contributed by atoms with van der Waals surface area (Å²) in [6, 6.07) is 18.1. The molecule has 0 spiro atoms. The van der Waals surface area contributed by atoms with Crippen LogP contribution in [-0.2, 0) is 17.8 Å². The predicted octanol–water partition coefficient (Wildman–Crippen LogP) is 4.87. The Bertz CT molecular complexity index is 1100. The van der Waals surface area contributed by atoms with E-state index in [1.165, 1.54) is 28.7 Å². The lowest BCUT2D eigenvalue weighted by molar-refractivity contribution is -0.113. The summed E-state index contributed by atoms with van der Waals surface area (Å²) in [5.41, 5.74) is 2.09. The molecular formula is C22H23N5OS2. The van der Waals surface area contributed by atoms with Gasteiger partial charge >= 0.3 is 0 Å². The molecule has 30 heavy (non-hydrogen) atoms. The van der Waals surface area contributed by atoms with Gasteiger partial charge in [-0.3, -0.25) is 4.79 Å². The van der Waals surface area contributed by atoms with Crippen molar-refractivity contribution >= 4 is 44.4 Å². The molecule has 2 aromatic heterocycles. The van der Waals surface area contributed by atoms with Gasteiger partial charge < -0.3 is 9.88 Å². The molecular weight excluding hydrogens is 414 g/mol. The molecule has 4 rings (SSSR count). The summed E-state index contributed by atoms with van der Waals surface area (Å²) in [6.45, 7) is 5.15. The molecule has 2 heterocycles. The topological polar surface area (TPSA) is 72.7 Å². The van der Waals surface area contributed by atoms with E-state index in [9.17, 15) is 4.79 Å². The average Bonchev–Trinajstić information content (AvgIpc) is 3.30. The molecule has 1 N–H and O–H groups in total. The first-order valence-corrected chi connectivity index (χ1v) is 11.6. The summed E-state index contributed by atoms with van der Waals surface area (Å²) in [7, 11) is 0. The summed E-state index contributed by atoms with van der Waals surface area (Å²) >= 11 is 2.89. The van der Waals surface area contributed by atoms with E-state index in [4.69, 9.17) is 0 Å². The van der Waals surface area contributed by atoms with Crippen molar-refractivity contribution in [3.8, 4) is 0 Å². The minimum atomic E-state index is -0.0947. The Morgan fingerprint density at radius 3 is 2.63 bits per heavy atom. The Morgan fingerprint density at radius 1 is 1.10 bits per heavy atom. The van der Waals surface area contributed by atoms with Crippen LogP contribution in [0.25, 0.3) is 10.2 Å². The number of thioether (sulfide) groups is 1. The van der Waals surface area contributed by atoms with Gasteiger partial charge in [-0.15, -0.1) is 10.2 Å². The summed E-state index contributed by atoms with van der Waals surface area (Å²) < 4.78 is 3.19. The van der Waals surface area contributed by atoms with Crippen LogP contribution < -0.4 is 5.32 Å². The number of fused-ring (bicyclic) bond motifs is 1. The van der Waals surface area contributed by atoms with Gasteiger partial charge in [-0.2, -0.15) is 0 Å². The number of carbonyl (C=O) groups is 1. The van der Waals surface area contributed by atoms with Crippen LogP contribution in [0.5, 0.6) is 0 Å². The number of nitrogens with one attached hydrogen (secondary N) is 1. The van der Waals surface area contributed by atoms with Crippen molar-refractivity contribution in [2.45, 2.75) is 32.0 Å². The maximum atomic E-state index is 12.5. The van der Waals surface area contributed by atoms with E-state index < -0.39 is 0 Å². The number of rotatable bonds is 8. The second-order valence-electron chi connectivity index (χ2n) is 7.39. The molecule has 0 fully saturated rings. The molecule has 0 saturated heterocycles. The van der Waals surface area contributed by atoms with Gasteiger partial charge in [-0.25, -0.2) is 4.98 Å². The number of hydrogen-bond donors (Lipinski definition) is 1. The Morgan fingerprint density at radius 2 is 1.87 bits per heavy atom. The molecule has 0 radical (unpaired) electrons. The second kappa shape index (κ2) is 9.40. The lowest BCUT2D eigenvalue weighted by Crippen LogP contribution is -2.15. The molecule has 0 saturated carbocycles. The van der Waals surface area contributed by atoms with Crippen molar-refractivity contribution in [1.82, 2.24) is 19.7 Å². The summed E-state index contributed by atoms with van der Waals surface area (Å²) in [6.07, 6.45) is 0.721. The molecule has 154 valence electrons. The number of hydrogen-bond acceptors (Lipinski definition) is 6. The summed E-state index contributed by atoms with van der Waals surface area (Å²) in [4.78, 5) is 16.9. The standard InChI is InChI=1S/C22H23N5OS2/c1-15(2)13-27-19(12-16-8-4-3-5-9-16)25-26-22(27)29-14-20(28)24-21-23-17-10-6-7-11-18(17)30-21/h3-11,15H,12-14H2,1-2H3,(H,23,24,28). The lowest BCUT2D eigenvalue weighted by atomic mass is 10.1. The van der Waals surface area contributed by atoms with Gasteiger partial charge in [0.15, 0.2) is 10.3 Å². The third-order valence-electron chi connectivity index (χ3n) is 4.42. The largest absolute Gasteiger partial charge is 0.305 e. The van der Waals surface area contributed by atoms with E-state index in [2.05, 4.69) is 51.0 Å². The Kier molecular flexibility index (Phi) is 6.44. The highest BCUT2D eigenvalue weighted by Crippen LogP contribution is 2.26. The smallest absolute Gasteiger partial charge is 0.236 e. The molecule has 0 atom stereocenters. The van der Waals surface area contributed by atoms with Gasteiger partial charge in [0, 0.05) is 13.0 Å². The first kappa shape index (κ1) is 20.6. The van der Waals surface area contributed by atoms with E-state index in [1.54, 1.807) is 0 Å². The maximum absolute atomic E-state index is 12.5. The first-order valence-electron chi connectivity index (χ1n) is 9.82. The normalized spacial score (nSPS) is 11.3. The number of amides is 1. The molecule has 6 nitrogen and oxygen atoms in total. The highest BCUT2D eigenvalue weighted by atomic mass is 32.2. The lowest BCUT2D eigenvalue weighted by Gasteiger charge is -2.12. The van der Waals surface area contributed by atoms with E-state index in [0.29, 0.717) is 11.0 Å². The minimum Gasteiger partial charge on any atom is -0.305 e. The molecule has 8 heteroatoms. The van der Waals surface area contributed by atoms with Crippen LogP contribution in [0.1, 0.15) is 25.2 Å². The molecule has 1 amide bonds. The van der Waals surface area contributed by atoms with Gasteiger partial charge in [-0.05, 0) is 23.6 Å². The number of benzene rings is 2. The fraction of sp³-hybridized carbons (Fsp3) is 0.273. The number of aromatic nitrogens is 4. The van der Waals surface area contributed by atoms with Gasteiger partial charge in [0.1, 0.15) is 5.82 Å². The van der Waals surface area contributed by atoms with E-state index in [0.717, 1.165) is 34.2 Å². The van der Waals surface area contributed by atoms with E-state index in [1.807, 2.05) is 42.5 Å². The van der Waals surface area contributed by atoms with Crippen molar-refractivity contribution in [2.24, 2.45) is 5.92 Å². The molecule has 0 unspecified atom stereocenters. The van der Waals surface area contributed by atoms with Crippen molar-refractivity contribution in [3.05, 3.63) is 66.0 Å². The Balaban J connectivity index is 1.43. The second-order valence-corrected chi connectivity index (χ2v) is 9.36. The number of para-hydroxylation sites is 1. The fourth-order valence-electron chi connectivity index (χ4n) is 3.09. The molecule has 0 bridgehead atoms. The molecule has 4 aromatic rings. The monoisotopic (exact) mass is 437 g/mol. The van der Waals surface area contributed by atoms with Crippen LogP contribution in [0.3, 0.4) is 0 Å². The van der Waals surface area contributed by atoms with Crippen LogP contribution in [0.15, 0.2) is 59.8 Å². The molecule has 0 aliphatic heterocycles. The molecule has 2 aromatic carbocycles. The van der Waals surface area contributed by atoms with Crippen molar-refractivity contribution in [3.63, 3.8) is 0 Å². The van der Waals surface area contributed by atoms with Gasteiger partial charge in [0.05, 0.1) is 16.0 Å². The van der Waals surface area contributed by atoms with E-state index in [-0.39, 0.29) is 11.7 Å².